The lowest BCUT2D eigenvalue weighted by molar-refractivity contribution is -0.136. The minimum absolute atomic E-state index is 0.111. The standard InChI is InChI=1S/C16H22N2O2/c1-9-13(5-14(19)20)15(18-17-9)16-6-10-2-11(7-16)4-12(3-10)8-16/h10-12H,2-8H2,1H3,(H,17,18)(H,19,20). The molecule has 0 aliphatic heterocycles. The molecule has 0 saturated heterocycles. The lowest BCUT2D eigenvalue weighted by Gasteiger charge is -2.56. The first-order valence-corrected chi connectivity index (χ1v) is 7.82. The monoisotopic (exact) mass is 274 g/mol. The van der Waals surface area contributed by atoms with Crippen molar-refractivity contribution < 1.29 is 9.90 Å². The van der Waals surface area contributed by atoms with E-state index in [1.54, 1.807) is 0 Å². The van der Waals surface area contributed by atoms with Gasteiger partial charge in [-0.25, -0.2) is 0 Å². The maximum absolute atomic E-state index is 11.2. The van der Waals surface area contributed by atoms with Crippen LogP contribution in [0.15, 0.2) is 0 Å². The van der Waals surface area contributed by atoms with Crippen molar-refractivity contribution in [1.29, 1.82) is 0 Å². The molecule has 0 atom stereocenters. The molecule has 4 fully saturated rings. The summed E-state index contributed by atoms with van der Waals surface area (Å²) in [5.41, 5.74) is 3.18. The highest BCUT2D eigenvalue weighted by atomic mass is 16.4. The maximum Gasteiger partial charge on any atom is 0.307 e. The molecule has 4 aliphatic rings. The van der Waals surface area contributed by atoms with E-state index in [0.29, 0.717) is 0 Å². The molecule has 4 nitrogen and oxygen atoms in total. The van der Waals surface area contributed by atoms with E-state index in [-0.39, 0.29) is 11.8 Å². The van der Waals surface area contributed by atoms with E-state index in [4.69, 9.17) is 0 Å². The van der Waals surface area contributed by atoms with Gasteiger partial charge in [-0.3, -0.25) is 9.89 Å². The van der Waals surface area contributed by atoms with Crippen molar-refractivity contribution >= 4 is 5.97 Å². The van der Waals surface area contributed by atoms with Crippen molar-refractivity contribution in [2.24, 2.45) is 17.8 Å². The number of hydrogen-bond donors (Lipinski definition) is 2. The van der Waals surface area contributed by atoms with E-state index < -0.39 is 5.97 Å². The lowest BCUT2D eigenvalue weighted by atomic mass is 9.48. The van der Waals surface area contributed by atoms with Gasteiger partial charge in [0.25, 0.3) is 0 Å². The molecule has 0 spiro atoms. The number of rotatable bonds is 3. The van der Waals surface area contributed by atoms with Gasteiger partial charge in [0.2, 0.25) is 0 Å². The molecule has 4 bridgehead atoms. The topological polar surface area (TPSA) is 66.0 Å². The summed E-state index contributed by atoms with van der Waals surface area (Å²) in [5.74, 6) is 1.82. The zero-order chi connectivity index (χ0) is 13.9. The Labute approximate surface area is 119 Å². The Morgan fingerprint density at radius 2 is 1.80 bits per heavy atom. The second-order valence-electron chi connectivity index (χ2n) is 7.44. The number of H-pyrrole nitrogens is 1. The highest BCUT2D eigenvalue weighted by Gasteiger charge is 2.53. The Kier molecular flexibility index (Phi) is 2.54. The minimum atomic E-state index is -0.750. The van der Waals surface area contributed by atoms with Gasteiger partial charge in [-0.05, 0) is 63.2 Å². The van der Waals surface area contributed by atoms with Crippen LogP contribution in [0.4, 0.5) is 0 Å². The highest BCUT2D eigenvalue weighted by Crippen LogP contribution is 2.60. The summed E-state index contributed by atoms with van der Waals surface area (Å²) < 4.78 is 0. The van der Waals surface area contributed by atoms with Crippen molar-refractivity contribution in [2.75, 3.05) is 0 Å². The van der Waals surface area contributed by atoms with Crippen LogP contribution in [0.2, 0.25) is 0 Å². The van der Waals surface area contributed by atoms with E-state index in [0.717, 1.165) is 34.7 Å². The van der Waals surface area contributed by atoms with Crippen molar-refractivity contribution in [3.05, 3.63) is 17.0 Å². The second kappa shape index (κ2) is 4.09. The first-order valence-electron chi connectivity index (χ1n) is 7.82. The summed E-state index contributed by atoms with van der Waals surface area (Å²) in [7, 11) is 0. The molecule has 1 heterocycles. The molecular formula is C16H22N2O2. The molecule has 5 rings (SSSR count). The summed E-state index contributed by atoms with van der Waals surface area (Å²) in [4.78, 5) is 11.2. The molecule has 108 valence electrons. The van der Waals surface area contributed by atoms with E-state index >= 15 is 0 Å². The molecule has 4 saturated carbocycles. The molecule has 1 aromatic heterocycles. The number of aromatic amines is 1. The van der Waals surface area contributed by atoms with Gasteiger partial charge in [-0.2, -0.15) is 5.10 Å². The van der Waals surface area contributed by atoms with Crippen LogP contribution in [-0.2, 0) is 16.6 Å². The molecule has 0 amide bonds. The molecule has 0 unspecified atom stereocenters. The first kappa shape index (κ1) is 12.4. The maximum atomic E-state index is 11.2. The third-order valence-electron chi connectivity index (χ3n) is 5.94. The van der Waals surface area contributed by atoms with Crippen molar-refractivity contribution in [3.8, 4) is 0 Å². The second-order valence-corrected chi connectivity index (χ2v) is 7.44. The average molecular weight is 274 g/mol. The molecule has 4 aliphatic carbocycles. The van der Waals surface area contributed by atoms with Gasteiger partial charge in [0.1, 0.15) is 0 Å². The molecule has 1 aromatic rings. The van der Waals surface area contributed by atoms with Crippen LogP contribution in [-0.4, -0.2) is 21.3 Å². The number of hydrogen-bond acceptors (Lipinski definition) is 2. The molecule has 2 N–H and O–H groups in total. The largest absolute Gasteiger partial charge is 0.481 e. The molecular weight excluding hydrogens is 252 g/mol. The summed E-state index contributed by atoms with van der Waals surface area (Å²) in [6.45, 7) is 1.95. The zero-order valence-corrected chi connectivity index (χ0v) is 12.0. The molecule has 4 heteroatoms. The summed E-state index contributed by atoms with van der Waals surface area (Å²) in [6.07, 6.45) is 8.01. The van der Waals surface area contributed by atoms with Crippen LogP contribution in [0, 0.1) is 24.7 Å². The number of carbonyl (C=O) groups is 1. The van der Waals surface area contributed by atoms with Crippen molar-refractivity contribution in [2.45, 2.75) is 57.3 Å². The van der Waals surface area contributed by atoms with Gasteiger partial charge in [-0.15, -0.1) is 0 Å². The molecule has 0 aromatic carbocycles. The zero-order valence-electron chi connectivity index (χ0n) is 12.0. The summed E-state index contributed by atoms with van der Waals surface area (Å²) in [5, 5.41) is 16.8. The third kappa shape index (κ3) is 1.73. The fourth-order valence-electron chi connectivity index (χ4n) is 5.66. The Bertz CT molecular complexity index is 526. The van der Waals surface area contributed by atoms with Crippen LogP contribution in [0.1, 0.15) is 55.5 Å². The Balaban J connectivity index is 1.75. The van der Waals surface area contributed by atoms with Crippen LogP contribution >= 0.6 is 0 Å². The fourth-order valence-corrected chi connectivity index (χ4v) is 5.66. The highest BCUT2D eigenvalue weighted by molar-refractivity contribution is 5.71. The number of nitrogens with zero attached hydrogens (tertiary/aromatic N) is 1. The Morgan fingerprint density at radius 3 is 2.30 bits per heavy atom. The van der Waals surface area contributed by atoms with Gasteiger partial charge >= 0.3 is 5.97 Å². The van der Waals surface area contributed by atoms with Gasteiger partial charge in [-0.1, -0.05) is 0 Å². The Hall–Kier alpha value is -1.32. The number of nitrogens with one attached hydrogen (secondary N) is 1. The van der Waals surface area contributed by atoms with Crippen molar-refractivity contribution in [1.82, 2.24) is 10.2 Å². The van der Waals surface area contributed by atoms with Crippen LogP contribution < -0.4 is 0 Å². The van der Waals surface area contributed by atoms with E-state index in [1.165, 1.54) is 38.5 Å². The van der Waals surface area contributed by atoms with Crippen LogP contribution in [0.25, 0.3) is 0 Å². The lowest BCUT2D eigenvalue weighted by Crippen LogP contribution is -2.49. The average Bonchev–Trinajstić information content (AvgIpc) is 2.69. The summed E-state index contributed by atoms with van der Waals surface area (Å²) in [6, 6.07) is 0. The number of carboxylic acid groups (broad SMARTS) is 1. The fraction of sp³-hybridized carbons (Fsp3) is 0.750. The first-order chi connectivity index (χ1) is 9.56. The van der Waals surface area contributed by atoms with Gasteiger partial charge < -0.3 is 5.11 Å². The van der Waals surface area contributed by atoms with Gasteiger partial charge in [0, 0.05) is 16.7 Å². The predicted molar refractivity (Wildman–Crippen MR) is 74.5 cm³/mol. The normalized spacial score (nSPS) is 38.4. The van der Waals surface area contributed by atoms with E-state index in [2.05, 4.69) is 10.2 Å². The number of aryl methyl sites for hydroxylation is 1. The number of carboxylic acids is 1. The van der Waals surface area contributed by atoms with Crippen LogP contribution in [0.3, 0.4) is 0 Å². The van der Waals surface area contributed by atoms with Gasteiger partial charge in [0.05, 0.1) is 12.1 Å². The van der Waals surface area contributed by atoms with Crippen molar-refractivity contribution in [3.63, 3.8) is 0 Å². The Morgan fingerprint density at radius 1 is 1.25 bits per heavy atom. The quantitative estimate of drug-likeness (QED) is 0.890. The van der Waals surface area contributed by atoms with Gasteiger partial charge in [0.15, 0.2) is 0 Å². The van der Waals surface area contributed by atoms with E-state index in [1.807, 2.05) is 6.92 Å². The number of aromatic nitrogens is 2. The smallest absolute Gasteiger partial charge is 0.307 e. The van der Waals surface area contributed by atoms with E-state index in [9.17, 15) is 9.90 Å². The predicted octanol–water partition coefficient (Wildman–Crippen LogP) is 2.81. The molecule has 20 heavy (non-hydrogen) atoms. The number of aliphatic carboxylic acids is 1. The minimum Gasteiger partial charge on any atom is -0.481 e. The SMILES string of the molecule is Cc1[nH]nc(C23CC4CC(CC(C4)C2)C3)c1CC(=O)O. The molecule has 0 radical (unpaired) electrons. The summed E-state index contributed by atoms with van der Waals surface area (Å²) >= 11 is 0. The van der Waals surface area contributed by atoms with Crippen LogP contribution in [0.5, 0.6) is 0 Å². The third-order valence-corrected chi connectivity index (χ3v) is 5.94.